The molecule has 0 saturated heterocycles. The van der Waals surface area contributed by atoms with E-state index in [1.54, 1.807) is 18.2 Å². The zero-order valence-electron chi connectivity index (χ0n) is 9.88. The van der Waals surface area contributed by atoms with Crippen LogP contribution in [0.3, 0.4) is 0 Å². The number of hydrogen-bond acceptors (Lipinski definition) is 4. The smallest absolute Gasteiger partial charge is 0.306 e. The number of aliphatic hydroxyl groups is 1. The van der Waals surface area contributed by atoms with Crippen LogP contribution >= 0.6 is 11.6 Å². The lowest BCUT2D eigenvalue weighted by molar-refractivity contribution is -0.139. The van der Waals surface area contributed by atoms with Gasteiger partial charge in [-0.15, -0.1) is 0 Å². The van der Waals surface area contributed by atoms with E-state index in [2.05, 4.69) is 0 Å². The fourth-order valence-electron chi connectivity index (χ4n) is 1.85. The van der Waals surface area contributed by atoms with Crippen molar-refractivity contribution in [2.24, 2.45) is 0 Å². The number of hydrogen-bond donors (Lipinski definition) is 2. The Bertz CT molecular complexity index is 519. The van der Waals surface area contributed by atoms with Gasteiger partial charge in [0.05, 0.1) is 24.8 Å². The maximum absolute atomic E-state index is 11.8. The van der Waals surface area contributed by atoms with Gasteiger partial charge in [-0.1, -0.05) is 11.6 Å². The number of carbonyl (C=O) groups is 2. The van der Waals surface area contributed by atoms with Crippen LogP contribution in [-0.4, -0.2) is 41.3 Å². The molecule has 1 aromatic rings. The Labute approximate surface area is 114 Å². The van der Waals surface area contributed by atoms with Crippen molar-refractivity contribution in [2.45, 2.75) is 12.5 Å². The Morgan fingerprint density at radius 2 is 2.26 bits per heavy atom. The van der Waals surface area contributed by atoms with E-state index in [4.69, 9.17) is 21.4 Å². The van der Waals surface area contributed by atoms with Crippen molar-refractivity contribution in [3.8, 4) is 5.75 Å². The zero-order valence-corrected chi connectivity index (χ0v) is 10.6. The number of amides is 1. The maximum Gasteiger partial charge on any atom is 0.306 e. The molecule has 19 heavy (non-hydrogen) atoms. The molecule has 2 rings (SSSR count). The number of β-amino-alcohol motifs (C(OH)–C–C–N with tert-alkyl or cyclic N) is 1. The van der Waals surface area contributed by atoms with Crippen LogP contribution in [0.2, 0.25) is 5.02 Å². The first-order valence-electron chi connectivity index (χ1n) is 5.60. The zero-order chi connectivity index (χ0) is 14.0. The lowest BCUT2D eigenvalue weighted by Crippen LogP contribution is -2.43. The molecule has 1 amide bonds. The lowest BCUT2D eigenvalue weighted by atomic mass is 10.2. The Hall–Kier alpha value is -1.79. The molecule has 0 spiro atoms. The summed E-state index contributed by atoms with van der Waals surface area (Å²) in [5.41, 5.74) is 0.438. The summed E-state index contributed by atoms with van der Waals surface area (Å²) < 4.78 is 5.24. The number of benzene rings is 1. The SMILES string of the molecule is O=C(O)CC(O)CN1C(=O)COc2ccc(Cl)cc21. The molecule has 1 heterocycles. The average molecular weight is 286 g/mol. The fourth-order valence-corrected chi connectivity index (χ4v) is 2.02. The quantitative estimate of drug-likeness (QED) is 0.858. The summed E-state index contributed by atoms with van der Waals surface area (Å²) in [5, 5.41) is 18.7. The number of nitrogens with zero attached hydrogens (tertiary/aromatic N) is 1. The third kappa shape index (κ3) is 3.15. The van der Waals surface area contributed by atoms with Crippen molar-refractivity contribution >= 4 is 29.2 Å². The molecule has 1 aliphatic rings. The predicted octanol–water partition coefficient (Wildman–Crippen LogP) is 0.901. The number of carboxylic acid groups (broad SMARTS) is 1. The molecule has 0 aliphatic carbocycles. The van der Waals surface area contributed by atoms with Gasteiger partial charge in [0, 0.05) is 5.02 Å². The monoisotopic (exact) mass is 285 g/mol. The van der Waals surface area contributed by atoms with Gasteiger partial charge in [0.25, 0.3) is 5.91 Å². The minimum atomic E-state index is -1.15. The highest BCUT2D eigenvalue weighted by Crippen LogP contribution is 2.34. The Kier molecular flexibility index (Phi) is 3.92. The number of carbonyl (C=O) groups excluding carboxylic acids is 1. The molecule has 1 unspecified atom stereocenters. The number of ether oxygens (including phenoxy) is 1. The Morgan fingerprint density at radius 3 is 2.95 bits per heavy atom. The number of fused-ring (bicyclic) bond motifs is 1. The summed E-state index contributed by atoms with van der Waals surface area (Å²) in [6, 6.07) is 4.80. The largest absolute Gasteiger partial charge is 0.482 e. The number of anilines is 1. The third-order valence-corrected chi connectivity index (χ3v) is 2.90. The van der Waals surface area contributed by atoms with Gasteiger partial charge in [-0.3, -0.25) is 9.59 Å². The predicted molar refractivity (Wildman–Crippen MR) is 67.6 cm³/mol. The molecule has 0 bridgehead atoms. The number of aliphatic carboxylic acids is 1. The molecule has 0 radical (unpaired) electrons. The number of rotatable bonds is 4. The molecule has 7 heteroatoms. The second kappa shape index (κ2) is 5.46. The van der Waals surface area contributed by atoms with E-state index < -0.39 is 18.5 Å². The molecule has 1 aliphatic heterocycles. The van der Waals surface area contributed by atoms with Gasteiger partial charge >= 0.3 is 5.97 Å². The minimum absolute atomic E-state index is 0.109. The standard InChI is InChI=1S/C12H12ClNO5/c13-7-1-2-10-9(3-7)14(11(16)6-19-10)5-8(15)4-12(17)18/h1-3,8,15H,4-6H2,(H,17,18). The molecule has 0 saturated carbocycles. The van der Waals surface area contributed by atoms with Crippen LogP contribution < -0.4 is 9.64 Å². The van der Waals surface area contributed by atoms with Gasteiger partial charge in [-0.25, -0.2) is 0 Å². The van der Waals surface area contributed by atoms with E-state index in [-0.39, 0.29) is 19.1 Å². The van der Waals surface area contributed by atoms with E-state index >= 15 is 0 Å². The van der Waals surface area contributed by atoms with Gasteiger partial charge in [-0.05, 0) is 18.2 Å². The number of aliphatic hydroxyl groups excluding tert-OH is 1. The highest BCUT2D eigenvalue weighted by molar-refractivity contribution is 6.31. The van der Waals surface area contributed by atoms with Crippen LogP contribution in [0.5, 0.6) is 5.75 Å². The van der Waals surface area contributed by atoms with Crippen molar-refractivity contribution in [1.29, 1.82) is 0 Å². The van der Waals surface area contributed by atoms with Gasteiger partial charge in [0.2, 0.25) is 0 Å². The molecular weight excluding hydrogens is 274 g/mol. The minimum Gasteiger partial charge on any atom is -0.482 e. The van der Waals surface area contributed by atoms with Crippen molar-refractivity contribution in [3.05, 3.63) is 23.2 Å². The Balaban J connectivity index is 2.22. The first-order chi connectivity index (χ1) is 8.97. The summed E-state index contributed by atoms with van der Waals surface area (Å²) in [6.07, 6.45) is -1.58. The van der Waals surface area contributed by atoms with Crippen LogP contribution in [0, 0.1) is 0 Å². The Morgan fingerprint density at radius 1 is 1.53 bits per heavy atom. The van der Waals surface area contributed by atoms with Gasteiger partial charge in [0.1, 0.15) is 5.75 Å². The maximum atomic E-state index is 11.8. The van der Waals surface area contributed by atoms with E-state index in [1.807, 2.05) is 0 Å². The average Bonchev–Trinajstić information content (AvgIpc) is 2.32. The molecular formula is C12H12ClNO5. The fraction of sp³-hybridized carbons (Fsp3) is 0.333. The summed E-state index contributed by atoms with van der Waals surface area (Å²) in [4.78, 5) is 23.6. The molecule has 0 aromatic heterocycles. The van der Waals surface area contributed by atoms with E-state index in [0.717, 1.165) is 0 Å². The molecule has 2 N–H and O–H groups in total. The van der Waals surface area contributed by atoms with Crippen molar-refractivity contribution < 1.29 is 24.5 Å². The van der Waals surface area contributed by atoms with Crippen LogP contribution in [0.4, 0.5) is 5.69 Å². The second-order valence-corrected chi connectivity index (χ2v) is 4.59. The van der Waals surface area contributed by atoms with E-state index in [9.17, 15) is 14.7 Å². The summed E-state index contributed by atoms with van der Waals surface area (Å²) in [5.74, 6) is -0.995. The number of halogens is 1. The molecule has 1 atom stereocenters. The molecule has 102 valence electrons. The molecule has 1 aromatic carbocycles. The third-order valence-electron chi connectivity index (χ3n) is 2.67. The van der Waals surface area contributed by atoms with Gasteiger partial charge < -0.3 is 19.8 Å². The lowest BCUT2D eigenvalue weighted by Gasteiger charge is -2.30. The van der Waals surface area contributed by atoms with Crippen molar-refractivity contribution in [2.75, 3.05) is 18.1 Å². The van der Waals surface area contributed by atoms with E-state index in [1.165, 1.54) is 4.90 Å². The van der Waals surface area contributed by atoms with E-state index in [0.29, 0.717) is 16.5 Å². The number of carboxylic acids is 1. The van der Waals surface area contributed by atoms with Gasteiger partial charge in [-0.2, -0.15) is 0 Å². The highest BCUT2D eigenvalue weighted by Gasteiger charge is 2.28. The molecule has 0 fully saturated rings. The summed E-state index contributed by atoms with van der Waals surface area (Å²) in [6.45, 7) is -0.254. The topological polar surface area (TPSA) is 87.1 Å². The summed E-state index contributed by atoms with van der Waals surface area (Å²) in [7, 11) is 0. The van der Waals surface area contributed by atoms with Crippen LogP contribution in [0.1, 0.15) is 6.42 Å². The van der Waals surface area contributed by atoms with Crippen LogP contribution in [0.15, 0.2) is 18.2 Å². The highest BCUT2D eigenvalue weighted by atomic mass is 35.5. The first-order valence-corrected chi connectivity index (χ1v) is 5.97. The van der Waals surface area contributed by atoms with Crippen molar-refractivity contribution in [1.82, 2.24) is 0 Å². The summed E-state index contributed by atoms with van der Waals surface area (Å²) >= 11 is 5.86. The van der Waals surface area contributed by atoms with Crippen molar-refractivity contribution in [3.63, 3.8) is 0 Å². The van der Waals surface area contributed by atoms with Crippen LogP contribution in [0.25, 0.3) is 0 Å². The first kappa shape index (κ1) is 13.6. The molecule has 6 nitrogen and oxygen atoms in total. The van der Waals surface area contributed by atoms with Gasteiger partial charge in [0.15, 0.2) is 6.61 Å². The normalized spacial score (nSPS) is 15.7. The van der Waals surface area contributed by atoms with Crippen LogP contribution in [-0.2, 0) is 9.59 Å². The second-order valence-electron chi connectivity index (χ2n) is 4.16.